The van der Waals surface area contributed by atoms with E-state index in [0.29, 0.717) is 0 Å². The van der Waals surface area contributed by atoms with E-state index in [0.717, 1.165) is 13.1 Å². The number of anilines is 1. The lowest BCUT2D eigenvalue weighted by molar-refractivity contribution is -0.139. The Morgan fingerprint density at radius 2 is 1.81 bits per heavy atom. The smallest absolute Gasteiger partial charge is 0.317 e. The van der Waals surface area contributed by atoms with E-state index < -0.39 is 5.97 Å². The predicted octanol–water partition coefficient (Wildman–Crippen LogP) is 4.44. The maximum Gasteiger partial charge on any atom is 0.317 e. The third-order valence-electron chi connectivity index (χ3n) is 5.18. The molecular formula is C22H28N2O2S. The zero-order valence-electron chi connectivity index (χ0n) is 16.5. The Kier molecular flexibility index (Phi) is 6.12. The van der Waals surface area contributed by atoms with Crippen molar-refractivity contribution in [1.29, 1.82) is 0 Å². The summed E-state index contributed by atoms with van der Waals surface area (Å²) < 4.78 is 0. The predicted molar refractivity (Wildman–Crippen MR) is 112 cm³/mol. The number of carboxylic acid groups (broad SMARTS) is 1. The van der Waals surface area contributed by atoms with Crippen LogP contribution in [0.5, 0.6) is 0 Å². The van der Waals surface area contributed by atoms with Gasteiger partial charge in [0.2, 0.25) is 0 Å². The zero-order chi connectivity index (χ0) is 19.6. The summed E-state index contributed by atoms with van der Waals surface area (Å²) in [4.78, 5) is 18.1. The van der Waals surface area contributed by atoms with Crippen LogP contribution in [0.3, 0.4) is 0 Å². The molecule has 0 amide bonds. The monoisotopic (exact) mass is 384 g/mol. The first-order chi connectivity index (χ1) is 12.8. The molecule has 2 aromatic carbocycles. The number of hydrogen-bond donors (Lipinski definition) is 1. The fraction of sp³-hybridized carbons (Fsp3) is 0.409. The Morgan fingerprint density at radius 1 is 1.07 bits per heavy atom. The first-order valence-corrected chi connectivity index (χ1v) is 10.2. The van der Waals surface area contributed by atoms with E-state index in [1.807, 2.05) is 11.8 Å². The molecule has 0 radical (unpaired) electrons. The topological polar surface area (TPSA) is 43.8 Å². The van der Waals surface area contributed by atoms with Crippen LogP contribution in [-0.2, 0) is 4.79 Å². The second kappa shape index (κ2) is 8.36. The largest absolute Gasteiger partial charge is 0.480 e. The maximum absolute atomic E-state index is 11.1. The number of rotatable bonds is 5. The van der Waals surface area contributed by atoms with Crippen LogP contribution in [0.25, 0.3) is 0 Å². The van der Waals surface area contributed by atoms with E-state index >= 15 is 0 Å². The highest BCUT2D eigenvalue weighted by Gasteiger charge is 2.31. The molecule has 5 heteroatoms. The van der Waals surface area contributed by atoms with E-state index in [1.54, 1.807) is 0 Å². The minimum absolute atomic E-state index is 0.109. The normalized spacial score (nSPS) is 20.7. The van der Waals surface area contributed by atoms with Gasteiger partial charge in [-0.05, 0) is 51.5 Å². The van der Waals surface area contributed by atoms with Gasteiger partial charge in [-0.3, -0.25) is 9.69 Å². The number of piperazine rings is 1. The minimum atomic E-state index is -0.756. The number of aryl methyl sites for hydroxylation is 2. The highest BCUT2D eigenvalue weighted by atomic mass is 32.2. The summed E-state index contributed by atoms with van der Waals surface area (Å²) in [6.45, 7) is 10.3. The molecule has 2 atom stereocenters. The maximum atomic E-state index is 11.1. The average molecular weight is 385 g/mol. The van der Waals surface area contributed by atoms with Gasteiger partial charge in [0.15, 0.2) is 0 Å². The van der Waals surface area contributed by atoms with Crippen molar-refractivity contribution < 1.29 is 9.90 Å². The van der Waals surface area contributed by atoms with Crippen molar-refractivity contribution in [2.45, 2.75) is 49.6 Å². The van der Waals surface area contributed by atoms with E-state index in [1.165, 1.54) is 26.6 Å². The molecule has 2 unspecified atom stereocenters. The third-order valence-corrected chi connectivity index (χ3v) is 6.42. The molecule has 144 valence electrons. The number of carbonyl (C=O) groups is 1. The molecule has 0 aliphatic carbocycles. The van der Waals surface area contributed by atoms with Crippen LogP contribution in [0.4, 0.5) is 5.69 Å². The molecular weight excluding hydrogens is 356 g/mol. The summed E-state index contributed by atoms with van der Waals surface area (Å²) in [5, 5.41) is 9.15. The highest BCUT2D eigenvalue weighted by Crippen LogP contribution is 2.38. The summed E-state index contributed by atoms with van der Waals surface area (Å²) in [5.41, 5.74) is 3.81. The Labute approximate surface area is 166 Å². The van der Waals surface area contributed by atoms with Crippen molar-refractivity contribution in [2.24, 2.45) is 0 Å². The summed E-state index contributed by atoms with van der Waals surface area (Å²) in [5.74, 6) is -0.756. The van der Waals surface area contributed by atoms with Crippen LogP contribution in [0, 0.1) is 13.8 Å². The van der Waals surface area contributed by atoms with Gasteiger partial charge in [-0.25, -0.2) is 0 Å². The lowest BCUT2D eigenvalue weighted by Crippen LogP contribution is -2.57. The van der Waals surface area contributed by atoms with Crippen molar-refractivity contribution in [3.05, 3.63) is 53.6 Å². The lowest BCUT2D eigenvalue weighted by atomic mass is 10.1. The van der Waals surface area contributed by atoms with Gasteiger partial charge in [0.1, 0.15) is 0 Å². The van der Waals surface area contributed by atoms with Crippen LogP contribution >= 0.6 is 11.8 Å². The molecule has 0 saturated carbocycles. The molecule has 1 fully saturated rings. The number of hydrogen-bond acceptors (Lipinski definition) is 4. The quantitative estimate of drug-likeness (QED) is 0.826. The number of para-hydroxylation sites is 1. The number of benzene rings is 2. The molecule has 0 aromatic heterocycles. The van der Waals surface area contributed by atoms with Crippen LogP contribution in [0.15, 0.2) is 52.3 Å². The van der Waals surface area contributed by atoms with E-state index in [2.05, 4.69) is 80.0 Å². The molecule has 1 aliphatic heterocycles. The fourth-order valence-corrected chi connectivity index (χ4v) is 4.77. The molecule has 1 N–H and O–H groups in total. The molecule has 2 aromatic rings. The summed E-state index contributed by atoms with van der Waals surface area (Å²) in [7, 11) is 0. The van der Waals surface area contributed by atoms with Crippen LogP contribution in [0.1, 0.15) is 25.0 Å². The van der Waals surface area contributed by atoms with Gasteiger partial charge in [0.25, 0.3) is 0 Å². The first kappa shape index (κ1) is 19.8. The lowest BCUT2D eigenvalue weighted by Gasteiger charge is -2.45. The molecule has 1 heterocycles. The van der Waals surface area contributed by atoms with Crippen LogP contribution in [-0.4, -0.2) is 47.7 Å². The molecule has 27 heavy (non-hydrogen) atoms. The van der Waals surface area contributed by atoms with Crippen molar-refractivity contribution in [2.75, 3.05) is 24.5 Å². The Morgan fingerprint density at radius 3 is 2.52 bits per heavy atom. The van der Waals surface area contributed by atoms with Gasteiger partial charge in [0, 0.05) is 35.0 Å². The summed E-state index contributed by atoms with van der Waals surface area (Å²) in [6, 6.07) is 15.6. The van der Waals surface area contributed by atoms with E-state index in [9.17, 15) is 4.79 Å². The van der Waals surface area contributed by atoms with Gasteiger partial charge in [-0.1, -0.05) is 41.6 Å². The highest BCUT2D eigenvalue weighted by molar-refractivity contribution is 7.99. The molecule has 4 nitrogen and oxygen atoms in total. The van der Waals surface area contributed by atoms with E-state index in [-0.39, 0.29) is 18.6 Å². The Bertz CT molecular complexity index is 824. The van der Waals surface area contributed by atoms with E-state index in [4.69, 9.17) is 5.11 Å². The van der Waals surface area contributed by atoms with Crippen molar-refractivity contribution >= 4 is 23.4 Å². The van der Waals surface area contributed by atoms with Crippen molar-refractivity contribution in [3.63, 3.8) is 0 Å². The minimum Gasteiger partial charge on any atom is -0.480 e. The van der Waals surface area contributed by atoms with Gasteiger partial charge in [-0.2, -0.15) is 0 Å². The Balaban J connectivity index is 1.84. The third kappa shape index (κ3) is 4.66. The van der Waals surface area contributed by atoms with Crippen LogP contribution < -0.4 is 4.90 Å². The molecule has 1 saturated heterocycles. The molecule has 0 bridgehead atoms. The molecule has 3 rings (SSSR count). The standard InChI is InChI=1S/C22H28N2O2S/c1-15-9-10-20(16(2)11-15)27-21-8-6-5-7-19(21)24-13-17(3)23(12-18(24)4)14-22(25)26/h5-11,17-18H,12-14H2,1-4H3,(H,25,26). The number of aliphatic carboxylic acids is 1. The Hall–Kier alpha value is -1.98. The molecule has 1 aliphatic rings. The van der Waals surface area contributed by atoms with Gasteiger partial charge < -0.3 is 10.0 Å². The number of carboxylic acids is 1. The SMILES string of the molecule is Cc1ccc(Sc2ccccc2N2CC(C)N(CC(=O)O)CC2C)c(C)c1. The van der Waals surface area contributed by atoms with Gasteiger partial charge >= 0.3 is 5.97 Å². The van der Waals surface area contributed by atoms with Crippen LogP contribution in [0.2, 0.25) is 0 Å². The average Bonchev–Trinajstić information content (AvgIpc) is 2.60. The fourth-order valence-electron chi connectivity index (χ4n) is 3.74. The van der Waals surface area contributed by atoms with Crippen molar-refractivity contribution in [3.8, 4) is 0 Å². The summed E-state index contributed by atoms with van der Waals surface area (Å²) >= 11 is 1.81. The second-order valence-electron chi connectivity index (χ2n) is 7.51. The number of nitrogens with zero attached hydrogens (tertiary/aromatic N) is 2. The zero-order valence-corrected chi connectivity index (χ0v) is 17.3. The van der Waals surface area contributed by atoms with Gasteiger partial charge in [-0.15, -0.1) is 0 Å². The van der Waals surface area contributed by atoms with Gasteiger partial charge in [0.05, 0.1) is 12.2 Å². The first-order valence-electron chi connectivity index (χ1n) is 9.41. The summed E-state index contributed by atoms with van der Waals surface area (Å²) in [6.07, 6.45) is 0. The second-order valence-corrected chi connectivity index (χ2v) is 8.60. The van der Waals surface area contributed by atoms with Crippen molar-refractivity contribution in [1.82, 2.24) is 4.90 Å². The molecule has 0 spiro atoms.